The number of carbonyl (C=O) groups excluding carboxylic acids is 1. The van der Waals surface area contributed by atoms with Crippen molar-refractivity contribution in [3.8, 4) is 39.4 Å². The number of rotatable bonds is 10. The Labute approximate surface area is 297 Å². The molecule has 3 aromatic heterocycles. The summed E-state index contributed by atoms with van der Waals surface area (Å²) in [6.45, 7) is 3.91. The van der Waals surface area contributed by atoms with Crippen molar-refractivity contribution in [3.05, 3.63) is 92.3 Å². The summed E-state index contributed by atoms with van der Waals surface area (Å²) in [5.74, 6) is 0.223. The van der Waals surface area contributed by atoms with Gasteiger partial charge in [0.2, 0.25) is 11.8 Å². The quantitative estimate of drug-likeness (QED) is 0.188. The Bertz CT molecular complexity index is 2190. The Hall–Kier alpha value is -4.33. The summed E-state index contributed by atoms with van der Waals surface area (Å²) >= 11 is 14.1. The molecule has 0 aliphatic carbocycles. The molecule has 0 bridgehead atoms. The number of fused-ring (bicyclic) bond motifs is 1. The highest BCUT2D eigenvalue weighted by molar-refractivity contribution is 6.39. The molecule has 2 fully saturated rings. The molecule has 3 N–H and O–H groups in total. The average molecular weight is 721 g/mol. The van der Waals surface area contributed by atoms with Gasteiger partial charge in [-0.2, -0.15) is 5.10 Å². The van der Waals surface area contributed by atoms with E-state index in [9.17, 15) is 14.7 Å². The topological polar surface area (TPSA) is 126 Å². The molecule has 2 saturated heterocycles. The van der Waals surface area contributed by atoms with Crippen molar-refractivity contribution in [1.82, 2.24) is 34.7 Å². The fraction of sp³-hybridized carbons (Fsp3) is 0.333. The van der Waals surface area contributed by atoms with Crippen molar-refractivity contribution in [2.24, 2.45) is 7.05 Å². The molecule has 2 aromatic carbocycles. The van der Waals surface area contributed by atoms with Gasteiger partial charge in [-0.25, -0.2) is 13.9 Å². The van der Waals surface area contributed by atoms with E-state index in [1.807, 2.05) is 29.2 Å². The first-order valence-corrected chi connectivity index (χ1v) is 17.0. The minimum atomic E-state index is -0.729. The Balaban J connectivity index is 1.18. The summed E-state index contributed by atoms with van der Waals surface area (Å²) in [5, 5.41) is 21.7. The first kappa shape index (κ1) is 34.1. The molecule has 1 atom stereocenters. The SMILES string of the molecule is COc1nc(-c2cccc(-c3cccc(-c4cc5c(=O)n(C)c(CN6CC(C)(O)C6)nn5c4)c3Cl)c2Cl)cc(F)c1CNC[C@H]1CCC(=O)N1. The van der Waals surface area contributed by atoms with Gasteiger partial charge in [-0.15, -0.1) is 0 Å². The molecule has 2 aliphatic heterocycles. The number of ether oxygens (including phenoxy) is 1. The second-order valence-electron chi connectivity index (χ2n) is 13.2. The Morgan fingerprint density at radius 1 is 1.08 bits per heavy atom. The maximum atomic E-state index is 15.5. The number of carbonyl (C=O) groups is 1. The lowest BCUT2D eigenvalue weighted by molar-refractivity contribution is -0.119. The van der Waals surface area contributed by atoms with Crippen molar-refractivity contribution in [1.29, 1.82) is 0 Å². The van der Waals surface area contributed by atoms with Gasteiger partial charge in [0.25, 0.3) is 5.56 Å². The highest BCUT2D eigenvalue weighted by Crippen LogP contribution is 2.43. The molecule has 2 aliphatic rings. The van der Waals surface area contributed by atoms with Gasteiger partial charge in [-0.3, -0.25) is 19.1 Å². The number of hydrogen-bond acceptors (Lipinski definition) is 8. The van der Waals surface area contributed by atoms with Gasteiger partial charge < -0.3 is 20.5 Å². The minimum absolute atomic E-state index is 0.00459. The number of β-amino-alcohol motifs (C(OH)–C–C–N with tert-alkyl or cyclic N) is 1. The summed E-state index contributed by atoms with van der Waals surface area (Å²) < 4.78 is 24.1. The minimum Gasteiger partial charge on any atom is -0.481 e. The lowest BCUT2D eigenvalue weighted by Gasteiger charge is -2.44. The van der Waals surface area contributed by atoms with E-state index < -0.39 is 11.4 Å². The molecule has 11 nitrogen and oxygen atoms in total. The monoisotopic (exact) mass is 719 g/mol. The number of hydrogen-bond donors (Lipinski definition) is 3. The van der Waals surface area contributed by atoms with Crippen LogP contribution in [0.3, 0.4) is 0 Å². The summed E-state index contributed by atoms with van der Waals surface area (Å²) in [6, 6.07) is 14.1. The van der Waals surface area contributed by atoms with Crippen LogP contribution in [0.4, 0.5) is 4.39 Å². The van der Waals surface area contributed by atoms with E-state index in [1.165, 1.54) is 17.7 Å². The zero-order chi connectivity index (χ0) is 35.3. The molecule has 0 radical (unpaired) electrons. The fourth-order valence-electron chi connectivity index (χ4n) is 6.78. The first-order chi connectivity index (χ1) is 23.9. The smallest absolute Gasteiger partial charge is 0.277 e. The number of likely N-dealkylation sites (tertiary alicyclic amines) is 1. The molecular weight excluding hydrogens is 684 g/mol. The Kier molecular flexibility index (Phi) is 9.16. The van der Waals surface area contributed by atoms with Crippen LogP contribution in [0.15, 0.2) is 59.5 Å². The number of halogens is 3. The highest BCUT2D eigenvalue weighted by Gasteiger charge is 2.37. The highest BCUT2D eigenvalue weighted by atomic mass is 35.5. The molecular formula is C36H36Cl2FN7O4. The average Bonchev–Trinajstić information content (AvgIpc) is 3.69. The predicted octanol–water partition coefficient (Wildman–Crippen LogP) is 4.82. The molecule has 0 saturated carbocycles. The number of pyridine rings is 1. The number of aliphatic hydroxyl groups is 1. The zero-order valence-electron chi connectivity index (χ0n) is 27.8. The Morgan fingerprint density at radius 2 is 1.76 bits per heavy atom. The van der Waals surface area contributed by atoms with Crippen LogP contribution >= 0.6 is 23.2 Å². The molecule has 5 aromatic rings. The standard InChI is InChI=1S/C36H36Cl2FN7O4/c1-36(49)18-45(19-36)17-30-43-46-16-20(12-29(46)35(48)44(30)2)22-6-4-7-23(32(22)37)24-8-5-9-25(33(24)38)28-13-27(39)26(34(42-28)50-3)15-40-14-21-10-11-31(47)41-21/h4-9,12-13,16,21,40,49H,10-11,14-15,17-19H2,1-3H3,(H,41,47)/t21-/m1/s1. The van der Waals surface area contributed by atoms with Crippen molar-refractivity contribution < 1.29 is 19.0 Å². The third kappa shape index (κ3) is 6.49. The van der Waals surface area contributed by atoms with Gasteiger partial charge in [0.05, 0.1) is 40.6 Å². The van der Waals surface area contributed by atoms with Gasteiger partial charge in [0.1, 0.15) is 17.2 Å². The van der Waals surface area contributed by atoms with E-state index >= 15 is 4.39 Å². The summed E-state index contributed by atoms with van der Waals surface area (Å²) in [4.78, 5) is 31.5. The van der Waals surface area contributed by atoms with Crippen molar-refractivity contribution in [2.45, 2.75) is 44.5 Å². The van der Waals surface area contributed by atoms with Crippen LogP contribution in [0.5, 0.6) is 5.88 Å². The normalized spacial score (nSPS) is 17.3. The van der Waals surface area contributed by atoms with Crippen LogP contribution in [0.25, 0.3) is 39.0 Å². The van der Waals surface area contributed by atoms with Crippen molar-refractivity contribution in [2.75, 3.05) is 26.7 Å². The number of nitrogens with zero attached hydrogens (tertiary/aromatic N) is 5. The van der Waals surface area contributed by atoms with Gasteiger partial charge in [0, 0.05) is 85.8 Å². The molecule has 260 valence electrons. The van der Waals surface area contributed by atoms with Crippen LogP contribution in [0, 0.1) is 5.82 Å². The van der Waals surface area contributed by atoms with Gasteiger partial charge >= 0.3 is 0 Å². The van der Waals surface area contributed by atoms with E-state index in [0.29, 0.717) is 87.5 Å². The van der Waals surface area contributed by atoms with E-state index in [2.05, 4.69) is 15.6 Å². The Morgan fingerprint density at radius 3 is 2.42 bits per heavy atom. The first-order valence-electron chi connectivity index (χ1n) is 16.3. The molecule has 7 rings (SSSR count). The number of nitrogens with one attached hydrogen (secondary N) is 2. The van der Waals surface area contributed by atoms with Crippen LogP contribution in [-0.2, 0) is 24.9 Å². The van der Waals surface area contributed by atoms with E-state index in [4.69, 9.17) is 33.0 Å². The lowest BCUT2D eigenvalue weighted by atomic mass is 9.97. The summed E-state index contributed by atoms with van der Waals surface area (Å²) in [5.41, 5.74) is 3.17. The maximum Gasteiger partial charge on any atom is 0.277 e. The van der Waals surface area contributed by atoms with Gasteiger partial charge in [-0.05, 0) is 19.4 Å². The molecule has 0 spiro atoms. The summed E-state index contributed by atoms with van der Waals surface area (Å²) in [7, 11) is 3.13. The molecule has 0 unspecified atom stereocenters. The second-order valence-corrected chi connectivity index (χ2v) is 14.0. The molecule has 14 heteroatoms. The number of benzene rings is 2. The van der Waals surface area contributed by atoms with Gasteiger partial charge in [0.15, 0.2) is 0 Å². The number of aromatic nitrogens is 4. The van der Waals surface area contributed by atoms with Gasteiger partial charge in [-0.1, -0.05) is 59.6 Å². The number of amides is 1. The van der Waals surface area contributed by atoms with Crippen LogP contribution < -0.4 is 20.9 Å². The maximum absolute atomic E-state index is 15.5. The van der Waals surface area contributed by atoms with Crippen LogP contribution in [-0.4, -0.2) is 73.5 Å². The summed E-state index contributed by atoms with van der Waals surface area (Å²) in [6.07, 6.45) is 3.00. The van der Waals surface area contributed by atoms with Crippen molar-refractivity contribution >= 4 is 34.6 Å². The fourth-order valence-corrected chi connectivity index (χ4v) is 7.44. The van der Waals surface area contributed by atoms with E-state index in [-0.39, 0.29) is 35.5 Å². The van der Waals surface area contributed by atoms with Crippen LogP contribution in [0.2, 0.25) is 10.0 Å². The molecule has 5 heterocycles. The molecule has 1 amide bonds. The molecule has 50 heavy (non-hydrogen) atoms. The third-order valence-corrected chi connectivity index (χ3v) is 10.1. The second kappa shape index (κ2) is 13.4. The third-order valence-electron chi connectivity index (χ3n) is 9.31. The predicted molar refractivity (Wildman–Crippen MR) is 190 cm³/mol. The van der Waals surface area contributed by atoms with Crippen LogP contribution in [0.1, 0.15) is 31.2 Å². The zero-order valence-corrected chi connectivity index (χ0v) is 29.3. The van der Waals surface area contributed by atoms with Crippen molar-refractivity contribution in [3.63, 3.8) is 0 Å². The largest absolute Gasteiger partial charge is 0.481 e. The lowest BCUT2D eigenvalue weighted by Crippen LogP contribution is -2.59. The number of methoxy groups -OCH3 is 1. The van der Waals surface area contributed by atoms with E-state index in [0.717, 1.165) is 6.42 Å². The van der Waals surface area contributed by atoms with E-state index in [1.54, 1.807) is 42.9 Å².